The largest absolute Gasteiger partial charge is 0.484 e. The summed E-state index contributed by atoms with van der Waals surface area (Å²) in [6.45, 7) is 2.33. The molecule has 0 spiro atoms. The normalized spacial score (nSPS) is 10.4. The second kappa shape index (κ2) is 8.80. The zero-order valence-electron chi connectivity index (χ0n) is 15.1. The Bertz CT molecular complexity index is 950. The molecule has 0 aliphatic heterocycles. The molecule has 6 nitrogen and oxygen atoms in total. The number of hydrogen-bond donors (Lipinski definition) is 1. The van der Waals surface area contributed by atoms with Gasteiger partial charge in [-0.05, 0) is 30.2 Å². The molecule has 0 saturated carbocycles. The predicted molar refractivity (Wildman–Crippen MR) is 104 cm³/mol. The molecule has 0 radical (unpaired) electrons. The van der Waals surface area contributed by atoms with Gasteiger partial charge < -0.3 is 10.1 Å². The lowest BCUT2D eigenvalue weighted by atomic mass is 10.1. The molecule has 0 aliphatic rings. The lowest BCUT2D eigenvalue weighted by Crippen LogP contribution is -2.34. The summed E-state index contributed by atoms with van der Waals surface area (Å²) in [6, 6.07) is 17.6. The highest BCUT2D eigenvalue weighted by molar-refractivity contribution is 5.77. The van der Waals surface area contributed by atoms with Gasteiger partial charge in [-0.3, -0.25) is 14.2 Å². The molecule has 27 heavy (non-hydrogen) atoms. The van der Waals surface area contributed by atoms with Crippen molar-refractivity contribution in [3.63, 3.8) is 0 Å². The highest BCUT2D eigenvalue weighted by atomic mass is 16.5. The molecule has 3 aromatic rings. The van der Waals surface area contributed by atoms with Crippen molar-refractivity contribution < 1.29 is 9.53 Å². The fourth-order valence-corrected chi connectivity index (χ4v) is 2.61. The minimum atomic E-state index is -0.240. The van der Waals surface area contributed by atoms with E-state index in [0.29, 0.717) is 24.4 Å². The average molecular weight is 363 g/mol. The molecule has 138 valence electrons. The molecule has 1 amide bonds. The third-order valence-electron chi connectivity index (χ3n) is 4.08. The van der Waals surface area contributed by atoms with Crippen LogP contribution in [-0.2, 0) is 11.3 Å². The van der Waals surface area contributed by atoms with E-state index in [1.807, 2.05) is 54.6 Å². The maximum Gasteiger partial charge on any atom is 0.258 e. The van der Waals surface area contributed by atoms with Gasteiger partial charge in [0, 0.05) is 24.8 Å². The number of rotatable bonds is 7. The molecule has 0 aliphatic carbocycles. The summed E-state index contributed by atoms with van der Waals surface area (Å²) in [6.07, 6.45) is 2.99. The van der Waals surface area contributed by atoms with E-state index >= 15 is 0 Å². The van der Waals surface area contributed by atoms with Gasteiger partial charge in [0.15, 0.2) is 6.61 Å². The molecular weight excluding hydrogens is 342 g/mol. The van der Waals surface area contributed by atoms with Crippen LogP contribution >= 0.6 is 0 Å². The molecule has 1 N–H and O–H groups in total. The fourth-order valence-electron chi connectivity index (χ4n) is 2.61. The third-order valence-corrected chi connectivity index (χ3v) is 4.08. The summed E-state index contributed by atoms with van der Waals surface area (Å²) < 4.78 is 6.98. The van der Waals surface area contributed by atoms with Gasteiger partial charge in [0.25, 0.3) is 11.5 Å². The maximum atomic E-state index is 11.9. The number of ether oxygens (including phenoxy) is 1. The van der Waals surface area contributed by atoms with Gasteiger partial charge in [0.05, 0.1) is 6.33 Å². The van der Waals surface area contributed by atoms with Crippen LogP contribution < -0.4 is 15.6 Å². The molecule has 0 bridgehead atoms. The number of amides is 1. The summed E-state index contributed by atoms with van der Waals surface area (Å²) in [5.41, 5.74) is 2.69. The van der Waals surface area contributed by atoms with Crippen LogP contribution in [0.25, 0.3) is 11.1 Å². The number of aromatic nitrogens is 2. The number of hydrogen-bond acceptors (Lipinski definition) is 4. The van der Waals surface area contributed by atoms with E-state index in [1.165, 1.54) is 17.1 Å². The van der Waals surface area contributed by atoms with E-state index in [1.54, 1.807) is 6.92 Å². The van der Waals surface area contributed by atoms with Crippen molar-refractivity contribution in [2.45, 2.75) is 13.5 Å². The van der Waals surface area contributed by atoms with E-state index in [0.717, 1.165) is 11.1 Å². The van der Waals surface area contributed by atoms with Crippen molar-refractivity contribution in [3.8, 4) is 16.9 Å². The van der Waals surface area contributed by atoms with Crippen LogP contribution in [0, 0.1) is 6.92 Å². The van der Waals surface area contributed by atoms with E-state index in [9.17, 15) is 9.59 Å². The summed E-state index contributed by atoms with van der Waals surface area (Å²) in [5.74, 6) is 0.389. The SMILES string of the molecule is Cc1cncn(CCNC(=O)COc2ccc(-c3ccccc3)cc2)c1=O. The molecule has 6 heteroatoms. The van der Waals surface area contributed by atoms with Gasteiger partial charge in [-0.2, -0.15) is 0 Å². The van der Waals surface area contributed by atoms with Gasteiger partial charge in [-0.1, -0.05) is 42.5 Å². The van der Waals surface area contributed by atoms with Crippen molar-refractivity contribution in [2.24, 2.45) is 0 Å². The third kappa shape index (κ3) is 5.04. The number of aryl methyl sites for hydroxylation is 1. The van der Waals surface area contributed by atoms with Crippen LogP contribution in [0.3, 0.4) is 0 Å². The van der Waals surface area contributed by atoms with Crippen molar-refractivity contribution >= 4 is 5.91 Å². The second-order valence-corrected chi connectivity index (χ2v) is 6.10. The van der Waals surface area contributed by atoms with Gasteiger partial charge in [-0.25, -0.2) is 4.98 Å². The standard InChI is InChI=1S/C21H21N3O3/c1-16-13-22-15-24(21(16)26)12-11-23-20(25)14-27-19-9-7-18(8-10-19)17-5-3-2-4-6-17/h2-10,13,15H,11-12,14H2,1H3,(H,23,25). The first-order valence-electron chi connectivity index (χ1n) is 8.69. The van der Waals surface area contributed by atoms with Crippen LogP contribution in [0.5, 0.6) is 5.75 Å². The molecule has 3 rings (SSSR count). The summed E-state index contributed by atoms with van der Waals surface area (Å²) >= 11 is 0. The van der Waals surface area contributed by atoms with Gasteiger partial charge in [0.1, 0.15) is 5.75 Å². The quantitative estimate of drug-likeness (QED) is 0.700. The lowest BCUT2D eigenvalue weighted by molar-refractivity contribution is -0.123. The molecular formula is C21H21N3O3. The highest BCUT2D eigenvalue weighted by Crippen LogP contribution is 2.21. The van der Waals surface area contributed by atoms with Crippen LogP contribution in [-0.4, -0.2) is 28.6 Å². The topological polar surface area (TPSA) is 73.2 Å². The molecule has 1 heterocycles. The molecule has 0 atom stereocenters. The first-order chi connectivity index (χ1) is 13.1. The number of nitrogens with zero attached hydrogens (tertiary/aromatic N) is 2. The molecule has 1 aromatic heterocycles. The Morgan fingerprint density at radius 1 is 1.07 bits per heavy atom. The van der Waals surface area contributed by atoms with Crippen molar-refractivity contribution in [1.82, 2.24) is 14.9 Å². The number of carbonyl (C=O) groups excluding carboxylic acids is 1. The van der Waals surface area contributed by atoms with E-state index < -0.39 is 0 Å². The Morgan fingerprint density at radius 2 is 1.78 bits per heavy atom. The van der Waals surface area contributed by atoms with Gasteiger partial charge in [0.2, 0.25) is 0 Å². The summed E-state index contributed by atoms with van der Waals surface area (Å²) in [4.78, 5) is 27.8. The Hall–Kier alpha value is -3.41. The Labute approximate surface area is 157 Å². The number of carbonyl (C=O) groups is 1. The fraction of sp³-hybridized carbons (Fsp3) is 0.190. The molecule has 2 aromatic carbocycles. The van der Waals surface area contributed by atoms with Crippen LogP contribution in [0.15, 0.2) is 71.9 Å². The smallest absolute Gasteiger partial charge is 0.258 e. The first kappa shape index (κ1) is 18.4. The van der Waals surface area contributed by atoms with Crippen LogP contribution in [0.1, 0.15) is 5.56 Å². The van der Waals surface area contributed by atoms with E-state index in [4.69, 9.17) is 4.74 Å². The molecule has 0 fully saturated rings. The van der Waals surface area contributed by atoms with Crippen LogP contribution in [0.2, 0.25) is 0 Å². The van der Waals surface area contributed by atoms with Crippen LogP contribution in [0.4, 0.5) is 0 Å². The molecule has 0 unspecified atom stereocenters. The predicted octanol–water partition coefficient (Wildman–Crippen LogP) is 2.41. The summed E-state index contributed by atoms with van der Waals surface area (Å²) in [5, 5.41) is 2.73. The monoisotopic (exact) mass is 363 g/mol. The Kier molecular flexibility index (Phi) is 5.99. The second-order valence-electron chi connectivity index (χ2n) is 6.10. The minimum absolute atomic E-state index is 0.0777. The zero-order chi connectivity index (χ0) is 19.1. The van der Waals surface area contributed by atoms with E-state index in [2.05, 4.69) is 10.3 Å². The Balaban J connectivity index is 1.45. The minimum Gasteiger partial charge on any atom is -0.484 e. The number of nitrogens with one attached hydrogen (secondary N) is 1. The number of benzene rings is 2. The first-order valence-corrected chi connectivity index (χ1v) is 8.69. The zero-order valence-corrected chi connectivity index (χ0v) is 15.1. The highest BCUT2D eigenvalue weighted by Gasteiger charge is 2.04. The van der Waals surface area contributed by atoms with Crippen molar-refractivity contribution in [3.05, 3.63) is 83.0 Å². The lowest BCUT2D eigenvalue weighted by Gasteiger charge is -2.09. The maximum absolute atomic E-state index is 11.9. The summed E-state index contributed by atoms with van der Waals surface area (Å²) in [7, 11) is 0. The molecule has 0 saturated heterocycles. The van der Waals surface area contributed by atoms with Gasteiger partial charge in [-0.15, -0.1) is 0 Å². The van der Waals surface area contributed by atoms with Crippen molar-refractivity contribution in [1.29, 1.82) is 0 Å². The van der Waals surface area contributed by atoms with Gasteiger partial charge >= 0.3 is 0 Å². The Morgan fingerprint density at radius 3 is 2.52 bits per heavy atom. The average Bonchev–Trinajstić information content (AvgIpc) is 2.71. The van der Waals surface area contributed by atoms with E-state index in [-0.39, 0.29) is 18.1 Å². The van der Waals surface area contributed by atoms with Crippen molar-refractivity contribution in [2.75, 3.05) is 13.2 Å².